The van der Waals surface area contributed by atoms with Gasteiger partial charge in [-0.1, -0.05) is 61.0 Å². The van der Waals surface area contributed by atoms with Gasteiger partial charge in [0.1, 0.15) is 0 Å². The van der Waals surface area contributed by atoms with Gasteiger partial charge in [0.05, 0.1) is 4.83 Å². The van der Waals surface area contributed by atoms with Crippen molar-refractivity contribution in [3.8, 4) is 0 Å². The topological polar surface area (TPSA) is 0 Å². The molecule has 0 fully saturated rings. The number of thiophene rings is 2. The van der Waals surface area contributed by atoms with E-state index in [1.165, 1.54) is 25.4 Å². The summed E-state index contributed by atoms with van der Waals surface area (Å²) in [6.07, 6.45) is 0. The summed E-state index contributed by atoms with van der Waals surface area (Å²) in [5.41, 5.74) is 2.92. The van der Waals surface area contributed by atoms with Gasteiger partial charge >= 0.3 is 0 Å². The Labute approximate surface area is 136 Å². The molecule has 3 heteroatoms. The number of alkyl halides is 1. The van der Waals surface area contributed by atoms with Crippen LogP contribution in [0.5, 0.6) is 0 Å². The van der Waals surface area contributed by atoms with Crippen molar-refractivity contribution < 1.29 is 0 Å². The van der Waals surface area contributed by atoms with Crippen molar-refractivity contribution in [1.29, 1.82) is 0 Å². The molecule has 0 nitrogen and oxygen atoms in total. The summed E-state index contributed by atoms with van der Waals surface area (Å²) in [5, 5.41) is 2.16. The highest BCUT2D eigenvalue weighted by Crippen LogP contribution is 2.40. The van der Waals surface area contributed by atoms with Crippen molar-refractivity contribution in [1.82, 2.24) is 0 Å². The minimum atomic E-state index is 0.214. The van der Waals surface area contributed by atoms with Crippen LogP contribution in [0.15, 0.2) is 41.8 Å². The zero-order chi connectivity index (χ0) is 14.3. The first kappa shape index (κ1) is 14.3. The summed E-state index contributed by atoms with van der Waals surface area (Å²) in [4.78, 5) is 1.68. The maximum Gasteiger partial charge on any atom is 0.0738 e. The summed E-state index contributed by atoms with van der Waals surface area (Å²) < 4.78 is 2.78. The Balaban J connectivity index is 1.90. The first-order valence-electron chi connectivity index (χ1n) is 6.66. The summed E-state index contributed by atoms with van der Waals surface area (Å²) >= 11 is 7.54. The SMILES string of the molecule is CC(C)(C)c1ccc(C(Br)c2cc3sccc3s2)cc1. The van der Waals surface area contributed by atoms with Gasteiger partial charge in [0.15, 0.2) is 0 Å². The molecule has 0 saturated carbocycles. The second-order valence-corrected chi connectivity index (χ2v) is 9.01. The molecule has 104 valence electrons. The molecule has 1 unspecified atom stereocenters. The van der Waals surface area contributed by atoms with Crippen LogP contribution in [0.1, 0.15) is 41.6 Å². The highest BCUT2D eigenvalue weighted by Gasteiger charge is 2.17. The van der Waals surface area contributed by atoms with Crippen molar-refractivity contribution in [2.45, 2.75) is 31.0 Å². The number of halogens is 1. The van der Waals surface area contributed by atoms with Crippen LogP contribution in [0.25, 0.3) is 9.40 Å². The average molecular weight is 365 g/mol. The van der Waals surface area contributed by atoms with E-state index < -0.39 is 0 Å². The summed E-state index contributed by atoms with van der Waals surface area (Å²) in [5.74, 6) is 0. The highest BCUT2D eigenvalue weighted by atomic mass is 79.9. The third-order valence-electron chi connectivity index (χ3n) is 3.48. The molecule has 20 heavy (non-hydrogen) atoms. The third-order valence-corrected chi connectivity index (χ3v) is 6.96. The zero-order valence-corrected chi connectivity index (χ0v) is 15.0. The summed E-state index contributed by atoms with van der Waals surface area (Å²) in [6, 6.07) is 13.5. The highest BCUT2D eigenvalue weighted by molar-refractivity contribution is 9.09. The Morgan fingerprint density at radius 3 is 2.30 bits per heavy atom. The fraction of sp³-hybridized carbons (Fsp3) is 0.294. The van der Waals surface area contributed by atoms with Crippen LogP contribution in [0.3, 0.4) is 0 Å². The smallest absolute Gasteiger partial charge is 0.0738 e. The molecular formula is C17H17BrS2. The van der Waals surface area contributed by atoms with E-state index in [0.717, 1.165) is 0 Å². The average Bonchev–Trinajstić information content (AvgIpc) is 2.97. The molecule has 1 aromatic carbocycles. The van der Waals surface area contributed by atoms with E-state index in [0.29, 0.717) is 4.83 Å². The summed E-state index contributed by atoms with van der Waals surface area (Å²) in [6.45, 7) is 6.75. The van der Waals surface area contributed by atoms with Crippen LogP contribution in [0, 0.1) is 0 Å². The molecule has 3 rings (SSSR count). The molecule has 2 aromatic heterocycles. The Morgan fingerprint density at radius 1 is 1.00 bits per heavy atom. The second kappa shape index (κ2) is 5.28. The number of hydrogen-bond acceptors (Lipinski definition) is 2. The Hall–Kier alpha value is -0.640. The zero-order valence-electron chi connectivity index (χ0n) is 11.8. The molecule has 0 aliphatic heterocycles. The van der Waals surface area contributed by atoms with Crippen LogP contribution in [-0.4, -0.2) is 0 Å². The van der Waals surface area contributed by atoms with Gasteiger partial charge in [-0.25, -0.2) is 0 Å². The molecule has 0 amide bonds. The van der Waals surface area contributed by atoms with E-state index in [2.05, 4.69) is 78.5 Å². The van der Waals surface area contributed by atoms with Gasteiger partial charge in [-0.3, -0.25) is 0 Å². The molecule has 0 aliphatic rings. The monoisotopic (exact) mass is 364 g/mol. The maximum atomic E-state index is 3.85. The predicted octanol–water partition coefficient (Wildman–Crippen LogP) is 6.74. The lowest BCUT2D eigenvalue weighted by Crippen LogP contribution is -2.10. The molecule has 2 heterocycles. The van der Waals surface area contributed by atoms with Gasteiger partial charge in [-0.2, -0.15) is 0 Å². The molecule has 0 bridgehead atoms. The van der Waals surface area contributed by atoms with Crippen LogP contribution in [-0.2, 0) is 5.41 Å². The third kappa shape index (κ3) is 2.72. The van der Waals surface area contributed by atoms with E-state index >= 15 is 0 Å². The van der Waals surface area contributed by atoms with Crippen molar-refractivity contribution in [3.63, 3.8) is 0 Å². The van der Waals surface area contributed by atoms with Gasteiger partial charge in [0, 0.05) is 14.3 Å². The van der Waals surface area contributed by atoms with E-state index in [4.69, 9.17) is 0 Å². The molecule has 0 spiro atoms. The minimum absolute atomic E-state index is 0.214. The number of fused-ring (bicyclic) bond motifs is 1. The quantitative estimate of drug-likeness (QED) is 0.441. The van der Waals surface area contributed by atoms with E-state index in [1.807, 2.05) is 22.7 Å². The normalized spacial score (nSPS) is 13.8. The van der Waals surface area contributed by atoms with Gasteiger partial charge in [-0.15, -0.1) is 22.7 Å². The van der Waals surface area contributed by atoms with Gasteiger partial charge in [0.25, 0.3) is 0 Å². The van der Waals surface area contributed by atoms with E-state index in [9.17, 15) is 0 Å². The molecule has 0 radical (unpaired) electrons. The standard InChI is InChI=1S/C17H17BrS2/c1-17(2,3)12-6-4-11(5-7-12)16(18)15-10-14-13(20-15)8-9-19-14/h4-10,16H,1-3H3. The second-order valence-electron chi connectivity index (χ2n) is 6.03. The minimum Gasteiger partial charge on any atom is -0.143 e. The lowest BCUT2D eigenvalue weighted by atomic mass is 9.86. The molecule has 3 aromatic rings. The van der Waals surface area contributed by atoms with Crippen molar-refractivity contribution >= 4 is 48.0 Å². The van der Waals surface area contributed by atoms with Crippen molar-refractivity contribution in [2.24, 2.45) is 0 Å². The molecule has 0 N–H and O–H groups in total. The first-order chi connectivity index (χ1) is 9.45. The van der Waals surface area contributed by atoms with Crippen LogP contribution >= 0.6 is 38.6 Å². The van der Waals surface area contributed by atoms with Crippen molar-refractivity contribution in [2.75, 3.05) is 0 Å². The number of benzene rings is 1. The molecule has 1 atom stereocenters. The Morgan fingerprint density at radius 2 is 1.70 bits per heavy atom. The number of hydrogen-bond donors (Lipinski definition) is 0. The van der Waals surface area contributed by atoms with E-state index in [1.54, 1.807) is 0 Å². The lowest BCUT2D eigenvalue weighted by molar-refractivity contribution is 0.590. The molecular weight excluding hydrogens is 348 g/mol. The van der Waals surface area contributed by atoms with Crippen LogP contribution < -0.4 is 0 Å². The molecule has 0 saturated heterocycles. The van der Waals surface area contributed by atoms with Gasteiger partial charge in [0.2, 0.25) is 0 Å². The largest absolute Gasteiger partial charge is 0.143 e. The van der Waals surface area contributed by atoms with Crippen LogP contribution in [0.4, 0.5) is 0 Å². The van der Waals surface area contributed by atoms with Crippen LogP contribution in [0.2, 0.25) is 0 Å². The fourth-order valence-electron chi connectivity index (χ4n) is 2.23. The fourth-order valence-corrected chi connectivity index (χ4v) is 5.07. The summed E-state index contributed by atoms with van der Waals surface area (Å²) in [7, 11) is 0. The maximum absolute atomic E-state index is 3.85. The Kier molecular flexibility index (Phi) is 3.78. The first-order valence-corrected chi connectivity index (χ1v) is 9.28. The van der Waals surface area contributed by atoms with Gasteiger partial charge < -0.3 is 0 Å². The lowest BCUT2D eigenvalue weighted by Gasteiger charge is -2.19. The molecule has 0 aliphatic carbocycles. The Bertz CT molecular complexity index is 685. The predicted molar refractivity (Wildman–Crippen MR) is 95.6 cm³/mol. The van der Waals surface area contributed by atoms with E-state index in [-0.39, 0.29) is 5.41 Å². The van der Waals surface area contributed by atoms with Crippen molar-refractivity contribution in [3.05, 3.63) is 57.8 Å². The van der Waals surface area contributed by atoms with Gasteiger partial charge in [-0.05, 0) is 34.1 Å². The number of rotatable bonds is 2.